The van der Waals surface area contributed by atoms with Crippen molar-refractivity contribution in [2.24, 2.45) is 0 Å². The Morgan fingerprint density at radius 3 is 2.58 bits per heavy atom. The fourth-order valence-corrected chi connectivity index (χ4v) is 2.95. The highest BCUT2D eigenvalue weighted by atomic mass is 19.4. The van der Waals surface area contributed by atoms with Crippen LogP contribution >= 0.6 is 0 Å². The Morgan fingerprint density at radius 1 is 1.27 bits per heavy atom. The summed E-state index contributed by atoms with van der Waals surface area (Å²) in [6.45, 7) is 1.91. The molecule has 0 aromatic carbocycles. The molecule has 0 radical (unpaired) electrons. The Balaban J connectivity index is 1.88. The van der Waals surface area contributed by atoms with Gasteiger partial charge in [-0.05, 0) is 31.9 Å². The van der Waals surface area contributed by atoms with Crippen LogP contribution in [0.3, 0.4) is 0 Å². The second-order valence-corrected chi connectivity index (χ2v) is 5.95. The zero-order valence-corrected chi connectivity index (χ0v) is 13.7. The van der Waals surface area contributed by atoms with Crippen molar-refractivity contribution in [2.75, 3.05) is 6.54 Å². The highest BCUT2D eigenvalue weighted by molar-refractivity contribution is 5.97. The lowest BCUT2D eigenvalue weighted by Gasteiger charge is -2.21. The van der Waals surface area contributed by atoms with Crippen molar-refractivity contribution in [3.8, 4) is 5.82 Å². The summed E-state index contributed by atoms with van der Waals surface area (Å²) in [5.74, 6) is -1.40. The minimum atomic E-state index is -4.49. The van der Waals surface area contributed by atoms with E-state index in [1.165, 1.54) is 15.8 Å². The smallest absolute Gasteiger partial charge is 0.417 e. The number of amides is 1. The SMILES string of the molecule is Cc1c(C(=O)N2CCC[C@H]2C(=O)O)cnn1-c1ccc(C(F)(F)F)cn1. The summed E-state index contributed by atoms with van der Waals surface area (Å²) in [4.78, 5) is 28.9. The summed E-state index contributed by atoms with van der Waals surface area (Å²) in [7, 11) is 0. The predicted molar refractivity (Wildman–Crippen MR) is 82.8 cm³/mol. The summed E-state index contributed by atoms with van der Waals surface area (Å²) >= 11 is 0. The van der Waals surface area contributed by atoms with Gasteiger partial charge in [0.1, 0.15) is 6.04 Å². The van der Waals surface area contributed by atoms with Crippen molar-refractivity contribution < 1.29 is 27.9 Å². The molecule has 1 atom stereocenters. The van der Waals surface area contributed by atoms with E-state index in [4.69, 9.17) is 0 Å². The number of aromatic nitrogens is 3. The van der Waals surface area contributed by atoms with Crippen molar-refractivity contribution in [3.63, 3.8) is 0 Å². The quantitative estimate of drug-likeness (QED) is 0.898. The molecule has 1 aliphatic heterocycles. The molecule has 2 aromatic rings. The Morgan fingerprint density at radius 2 is 2.00 bits per heavy atom. The molecule has 3 heterocycles. The lowest BCUT2D eigenvalue weighted by atomic mass is 10.2. The number of carbonyl (C=O) groups excluding carboxylic acids is 1. The zero-order valence-electron chi connectivity index (χ0n) is 13.7. The van der Waals surface area contributed by atoms with Gasteiger partial charge in [-0.3, -0.25) is 4.79 Å². The second kappa shape index (κ2) is 6.43. The van der Waals surface area contributed by atoms with Gasteiger partial charge in [-0.2, -0.15) is 18.3 Å². The van der Waals surface area contributed by atoms with Crippen molar-refractivity contribution in [1.82, 2.24) is 19.7 Å². The topological polar surface area (TPSA) is 88.3 Å². The van der Waals surface area contributed by atoms with Crippen LogP contribution in [0, 0.1) is 6.92 Å². The first-order chi connectivity index (χ1) is 12.2. The number of carboxylic acid groups (broad SMARTS) is 1. The summed E-state index contributed by atoms with van der Waals surface area (Å²) in [6, 6.07) is 1.16. The average Bonchev–Trinajstić information content (AvgIpc) is 3.20. The van der Waals surface area contributed by atoms with E-state index < -0.39 is 29.7 Å². The van der Waals surface area contributed by atoms with Crippen LogP contribution in [0.1, 0.15) is 34.5 Å². The van der Waals surface area contributed by atoms with Gasteiger partial charge in [-0.15, -0.1) is 0 Å². The van der Waals surface area contributed by atoms with E-state index in [1.54, 1.807) is 6.92 Å². The molecule has 10 heteroatoms. The van der Waals surface area contributed by atoms with E-state index in [0.717, 1.165) is 12.1 Å². The standard InChI is InChI=1S/C16H15F3N4O3/c1-9-11(14(24)22-6-2-3-12(22)15(25)26)8-21-23(9)13-5-4-10(7-20-13)16(17,18)19/h4-5,7-8,12H,2-3,6H2,1H3,(H,25,26)/t12-/m0/s1. The largest absolute Gasteiger partial charge is 0.480 e. The van der Waals surface area contributed by atoms with Crippen LogP contribution in [0.25, 0.3) is 5.82 Å². The second-order valence-electron chi connectivity index (χ2n) is 5.95. The Kier molecular flexibility index (Phi) is 4.43. The number of likely N-dealkylation sites (tertiary alicyclic amines) is 1. The summed E-state index contributed by atoms with van der Waals surface area (Å²) in [5, 5.41) is 13.2. The summed E-state index contributed by atoms with van der Waals surface area (Å²) < 4.78 is 39.1. The first-order valence-electron chi connectivity index (χ1n) is 7.82. The number of pyridine rings is 1. The summed E-state index contributed by atoms with van der Waals surface area (Å²) in [6.07, 6.45) is -1.55. The third-order valence-corrected chi connectivity index (χ3v) is 4.33. The van der Waals surface area contributed by atoms with Crippen molar-refractivity contribution >= 4 is 11.9 Å². The van der Waals surface area contributed by atoms with Gasteiger partial charge in [-0.1, -0.05) is 0 Å². The molecule has 1 saturated heterocycles. The fourth-order valence-electron chi connectivity index (χ4n) is 2.95. The molecular weight excluding hydrogens is 353 g/mol. The van der Waals surface area contributed by atoms with Crippen LogP contribution in [0.15, 0.2) is 24.5 Å². The zero-order chi connectivity index (χ0) is 19.1. The third-order valence-electron chi connectivity index (χ3n) is 4.33. The van der Waals surface area contributed by atoms with Crippen molar-refractivity contribution in [1.29, 1.82) is 0 Å². The molecule has 0 unspecified atom stereocenters. The van der Waals surface area contributed by atoms with Crippen LogP contribution in [-0.2, 0) is 11.0 Å². The first-order valence-corrected chi connectivity index (χ1v) is 7.82. The minimum absolute atomic E-state index is 0.130. The Labute approximate surface area is 146 Å². The van der Waals surface area contributed by atoms with Gasteiger partial charge in [0.2, 0.25) is 0 Å². The first kappa shape index (κ1) is 17.9. The predicted octanol–water partition coefficient (Wildman–Crippen LogP) is 2.28. The molecule has 7 nitrogen and oxygen atoms in total. The van der Waals surface area contributed by atoms with E-state index in [-0.39, 0.29) is 11.4 Å². The number of alkyl halides is 3. The molecule has 3 rings (SSSR count). The maximum Gasteiger partial charge on any atom is 0.417 e. The maximum absolute atomic E-state index is 12.7. The normalized spacial score (nSPS) is 17.5. The van der Waals surface area contributed by atoms with Gasteiger partial charge < -0.3 is 10.0 Å². The number of halogens is 3. The van der Waals surface area contributed by atoms with Crippen LogP contribution in [-0.4, -0.2) is 49.2 Å². The van der Waals surface area contributed by atoms with Crippen LogP contribution in [0.5, 0.6) is 0 Å². The molecule has 0 spiro atoms. The average molecular weight is 368 g/mol. The minimum Gasteiger partial charge on any atom is -0.480 e. The van der Waals surface area contributed by atoms with Gasteiger partial charge in [0.05, 0.1) is 23.0 Å². The van der Waals surface area contributed by atoms with Crippen LogP contribution in [0.4, 0.5) is 13.2 Å². The molecular formula is C16H15F3N4O3. The molecule has 0 bridgehead atoms. The molecule has 1 fully saturated rings. The molecule has 26 heavy (non-hydrogen) atoms. The number of hydrogen-bond acceptors (Lipinski definition) is 4. The van der Waals surface area contributed by atoms with Crippen LogP contribution in [0.2, 0.25) is 0 Å². The van der Waals surface area contributed by atoms with Gasteiger partial charge in [0.25, 0.3) is 5.91 Å². The Bertz CT molecular complexity index is 845. The van der Waals surface area contributed by atoms with Crippen molar-refractivity contribution in [2.45, 2.75) is 32.0 Å². The number of carbonyl (C=O) groups is 2. The van der Waals surface area contributed by atoms with Crippen LogP contribution < -0.4 is 0 Å². The van der Waals surface area contributed by atoms with Gasteiger partial charge in [0, 0.05) is 12.7 Å². The number of hydrogen-bond donors (Lipinski definition) is 1. The molecule has 0 aliphatic carbocycles. The highest BCUT2D eigenvalue weighted by Crippen LogP contribution is 2.29. The molecule has 1 N–H and O–H groups in total. The third kappa shape index (κ3) is 3.14. The fraction of sp³-hybridized carbons (Fsp3) is 0.375. The molecule has 1 amide bonds. The Hall–Kier alpha value is -2.91. The molecule has 138 valence electrons. The number of aliphatic carboxylic acids is 1. The lowest BCUT2D eigenvalue weighted by molar-refractivity contribution is -0.141. The van der Waals surface area contributed by atoms with E-state index in [9.17, 15) is 27.9 Å². The van der Waals surface area contributed by atoms with E-state index in [0.29, 0.717) is 31.3 Å². The van der Waals surface area contributed by atoms with Crippen molar-refractivity contribution in [3.05, 3.63) is 41.3 Å². The molecule has 2 aromatic heterocycles. The molecule has 1 aliphatic rings. The highest BCUT2D eigenvalue weighted by Gasteiger charge is 2.36. The monoisotopic (exact) mass is 368 g/mol. The summed E-state index contributed by atoms with van der Waals surface area (Å²) in [5.41, 5.74) is -0.318. The van der Waals surface area contributed by atoms with Gasteiger partial charge >= 0.3 is 12.1 Å². The van der Waals surface area contributed by atoms with Gasteiger partial charge in [0.15, 0.2) is 5.82 Å². The van der Waals surface area contributed by atoms with E-state index in [2.05, 4.69) is 10.1 Å². The lowest BCUT2D eigenvalue weighted by Crippen LogP contribution is -2.40. The number of rotatable bonds is 3. The van der Waals surface area contributed by atoms with E-state index in [1.807, 2.05) is 0 Å². The van der Waals surface area contributed by atoms with Gasteiger partial charge in [-0.25, -0.2) is 14.5 Å². The number of nitrogens with zero attached hydrogens (tertiary/aromatic N) is 4. The molecule has 0 saturated carbocycles. The number of carboxylic acids is 1. The van der Waals surface area contributed by atoms with E-state index >= 15 is 0 Å². The maximum atomic E-state index is 12.7.